The second-order valence-electron chi connectivity index (χ2n) is 38.1. The van der Waals surface area contributed by atoms with Gasteiger partial charge in [0.1, 0.15) is 39.4 Å². The molecule has 145 heavy (non-hydrogen) atoms. The maximum absolute atomic E-state index is 6.78. The SMILES string of the molecule is c1ccc2c(c1)cc1n(-c3ccc4oc5c(-n6c7ccccc7c7cc(-n8c9ccccc9c9ccccc98)ccc76)nccc5c4c3)c3ccccc3n21.c1ccc2c(c1)cc1n(-c3ccc4oc5c(-n6c7ccccc7n7c8ccccc8cc67)nccc5c4c3)c3ccccc3n21.c1ccc2c(c1)cc1n(-c3ccc4sc5c(-n6c7ccccc7n7c8ccccc8cc67)cccc5c4c3)c3ccccc3n21. The summed E-state index contributed by atoms with van der Waals surface area (Å²) in [6, 6.07) is 161. The van der Waals surface area contributed by atoms with Gasteiger partial charge in [-0.1, -0.05) is 218 Å². The van der Waals surface area contributed by atoms with Crippen LogP contribution in [0.3, 0.4) is 0 Å². The molecule has 0 fully saturated rings. The molecular weight excluding hydrogens is 1800 g/mol. The van der Waals surface area contributed by atoms with E-state index in [1.807, 2.05) is 23.7 Å². The largest absolute Gasteiger partial charge is 0.452 e. The molecule has 17 heteroatoms. The van der Waals surface area contributed by atoms with Crippen LogP contribution in [0, 0.1) is 0 Å². The van der Waals surface area contributed by atoms with Crippen molar-refractivity contribution in [3.8, 4) is 40.1 Å². The predicted octanol–water partition coefficient (Wildman–Crippen LogP) is 33.0. The van der Waals surface area contributed by atoms with Gasteiger partial charge < -0.3 is 13.4 Å². The molecule has 0 radical (unpaired) electrons. The first-order chi connectivity index (χ1) is 72.0. The van der Waals surface area contributed by atoms with Crippen molar-refractivity contribution < 1.29 is 8.83 Å². The number of para-hydroxylation sites is 18. The van der Waals surface area contributed by atoms with Gasteiger partial charge in [-0.3, -0.25) is 49.4 Å². The number of fused-ring (bicyclic) bond motifs is 40. The van der Waals surface area contributed by atoms with Crippen LogP contribution >= 0.6 is 11.3 Å². The fourth-order valence-corrected chi connectivity index (χ4v) is 25.7. The lowest BCUT2D eigenvalue weighted by molar-refractivity contribution is 0.663. The molecular formula is C128H76N14O2S. The Kier molecular flexibility index (Phi) is 15.9. The van der Waals surface area contributed by atoms with E-state index in [9.17, 15) is 0 Å². The van der Waals surface area contributed by atoms with E-state index in [1.54, 1.807) is 0 Å². The van der Waals surface area contributed by atoms with Gasteiger partial charge in [-0.05, 0) is 231 Å². The number of aromatic nitrogens is 14. The van der Waals surface area contributed by atoms with Gasteiger partial charge in [0.15, 0.2) is 22.8 Å². The molecule has 18 aromatic carbocycles. The Morgan fingerprint density at radius 3 is 0.890 bits per heavy atom. The topological polar surface area (TPSA) is 109 Å². The zero-order chi connectivity index (χ0) is 94.2. The summed E-state index contributed by atoms with van der Waals surface area (Å²) in [5.74, 6) is 1.56. The normalized spacial score (nSPS) is 12.4. The van der Waals surface area contributed by atoms with E-state index in [2.05, 4.69) is 503 Å². The number of thiophene rings is 1. The predicted molar refractivity (Wildman–Crippen MR) is 598 cm³/mol. The van der Waals surface area contributed by atoms with Crippen LogP contribution in [-0.2, 0) is 0 Å². The molecule has 17 aromatic heterocycles. The molecule has 0 aliphatic rings. The van der Waals surface area contributed by atoms with Gasteiger partial charge in [0.2, 0.25) is 0 Å². The van der Waals surface area contributed by atoms with Crippen LogP contribution in [0.1, 0.15) is 0 Å². The van der Waals surface area contributed by atoms with E-state index >= 15 is 0 Å². The van der Waals surface area contributed by atoms with Crippen molar-refractivity contribution in [1.29, 1.82) is 0 Å². The van der Waals surface area contributed by atoms with Crippen molar-refractivity contribution >= 4 is 257 Å². The third kappa shape index (κ3) is 10.9. The van der Waals surface area contributed by atoms with Gasteiger partial charge in [0.25, 0.3) is 0 Å². The molecule has 0 spiro atoms. The first-order valence-corrected chi connectivity index (χ1v) is 49.9. The molecule has 16 nitrogen and oxygen atoms in total. The second-order valence-corrected chi connectivity index (χ2v) is 39.1. The Balaban J connectivity index is 0.0000000960. The van der Waals surface area contributed by atoms with Crippen molar-refractivity contribution in [3.05, 3.63) is 461 Å². The third-order valence-electron chi connectivity index (χ3n) is 30.5. The Hall–Kier alpha value is -19.6. The van der Waals surface area contributed by atoms with Crippen molar-refractivity contribution in [2.45, 2.75) is 0 Å². The summed E-state index contributed by atoms with van der Waals surface area (Å²) in [5, 5.41) is 17.7. The third-order valence-corrected chi connectivity index (χ3v) is 31.7. The minimum atomic E-state index is 0.764. The summed E-state index contributed by atoms with van der Waals surface area (Å²) < 4.78 is 44.3. The maximum Gasteiger partial charge on any atom is 0.183 e. The van der Waals surface area contributed by atoms with Crippen molar-refractivity contribution in [1.82, 2.24) is 63.9 Å². The monoisotopic (exact) mass is 1870 g/mol. The summed E-state index contributed by atoms with van der Waals surface area (Å²) in [5.41, 5.74) is 36.9. The highest BCUT2D eigenvalue weighted by Gasteiger charge is 2.29. The molecule has 0 saturated carbocycles. The molecule has 0 aliphatic heterocycles. The molecule has 0 atom stereocenters. The highest BCUT2D eigenvalue weighted by Crippen LogP contribution is 2.48. The summed E-state index contributed by atoms with van der Waals surface area (Å²) in [6.07, 6.45) is 3.81. The van der Waals surface area contributed by atoms with Gasteiger partial charge in [0, 0.05) is 121 Å². The molecule has 17 heterocycles. The minimum Gasteiger partial charge on any atom is -0.452 e. The van der Waals surface area contributed by atoms with Crippen LogP contribution in [0.2, 0.25) is 0 Å². The van der Waals surface area contributed by atoms with E-state index in [0.717, 1.165) is 128 Å². The van der Waals surface area contributed by atoms with Crippen molar-refractivity contribution in [3.63, 3.8) is 0 Å². The maximum atomic E-state index is 6.78. The quantitative estimate of drug-likeness (QED) is 0.158. The molecule has 0 amide bonds. The van der Waals surface area contributed by atoms with E-state index in [1.165, 1.54) is 158 Å². The van der Waals surface area contributed by atoms with E-state index in [4.69, 9.17) is 18.8 Å². The van der Waals surface area contributed by atoms with Crippen LogP contribution in [0.5, 0.6) is 0 Å². The number of hydrogen-bond acceptors (Lipinski definition) is 5. The molecule has 0 N–H and O–H groups in total. The van der Waals surface area contributed by atoms with E-state index in [0.29, 0.717) is 0 Å². The number of benzene rings is 18. The second kappa shape index (κ2) is 29.5. The summed E-state index contributed by atoms with van der Waals surface area (Å²) in [6.45, 7) is 0. The average Bonchev–Trinajstić information content (AvgIpc) is 1.56. The first kappa shape index (κ1) is 78.3. The summed E-state index contributed by atoms with van der Waals surface area (Å²) in [4.78, 5) is 9.97. The van der Waals surface area contributed by atoms with Gasteiger partial charge in [0.05, 0.1) is 115 Å². The van der Waals surface area contributed by atoms with Crippen LogP contribution in [0.4, 0.5) is 0 Å². The lowest BCUT2D eigenvalue weighted by atomic mass is 10.1. The number of pyridine rings is 2. The fraction of sp³-hybridized carbons (Fsp3) is 0. The van der Waals surface area contributed by atoms with E-state index in [-0.39, 0.29) is 0 Å². The standard InChI is InChI=1S/C49H29N5O.C40H24N4S.C39H23N5O/c1-5-15-39-30(11-1)27-47-52(44-19-9-10-20-45(44)53(39)47)32-22-24-46-38(29-32)36-25-26-50-49(48(36)55-46)54-42-18-8-4-14-35(42)37-28-31(21-23-43(37)54)51-40-16-6-2-12-33(40)34-13-3-7-17-41(34)51;1-3-13-30-25(10-1)22-38-41(32-15-5-6-16-33(32)42(30)38)27-20-21-37-29(24-27)28-12-9-19-36(40(28)45-37)44-35-18-8-7-17-34(35)43-31-14-4-2-11-26(31)23-39(43)44;1-3-11-29-24(9-1)21-36-41(31-13-5-6-14-32(31)42(29)36)26-17-18-35-28(23-26)27-19-20-40-39(38(27)45-35)44-34-16-8-7-15-33(34)43-30-12-4-2-10-25(30)22-37(43)44/h1-29H;1-24H;1-23H. The number of nitrogens with zero attached hydrogens (tertiary/aromatic N) is 14. The van der Waals surface area contributed by atoms with Gasteiger partial charge in [-0.25, -0.2) is 9.97 Å². The zero-order valence-corrected chi connectivity index (χ0v) is 78.2. The van der Waals surface area contributed by atoms with Crippen molar-refractivity contribution in [2.24, 2.45) is 0 Å². The Bertz CT molecular complexity index is 11300. The Labute approximate surface area is 825 Å². The molecule has 0 saturated heterocycles. The fourth-order valence-electron chi connectivity index (χ4n) is 24.5. The Morgan fingerprint density at radius 2 is 0.469 bits per heavy atom. The van der Waals surface area contributed by atoms with Gasteiger partial charge in [-0.2, -0.15) is 0 Å². The number of furan rings is 2. The van der Waals surface area contributed by atoms with E-state index < -0.39 is 0 Å². The van der Waals surface area contributed by atoms with Gasteiger partial charge in [-0.15, -0.1) is 11.3 Å². The minimum absolute atomic E-state index is 0.764. The number of hydrogen-bond donors (Lipinski definition) is 0. The van der Waals surface area contributed by atoms with Crippen LogP contribution in [0.25, 0.3) is 286 Å². The summed E-state index contributed by atoms with van der Waals surface area (Å²) in [7, 11) is 0. The lowest BCUT2D eigenvalue weighted by Crippen LogP contribution is -1.98. The molecule has 35 rings (SSSR count). The molecule has 0 unspecified atom stereocenters. The van der Waals surface area contributed by atoms with Crippen LogP contribution < -0.4 is 0 Å². The first-order valence-electron chi connectivity index (χ1n) is 49.1. The smallest absolute Gasteiger partial charge is 0.183 e. The molecule has 0 bridgehead atoms. The van der Waals surface area contributed by atoms with Crippen LogP contribution in [0.15, 0.2) is 470 Å². The Morgan fingerprint density at radius 1 is 0.179 bits per heavy atom. The zero-order valence-electron chi connectivity index (χ0n) is 77.4. The summed E-state index contributed by atoms with van der Waals surface area (Å²) >= 11 is 1.88. The average molecular weight is 1870 g/mol. The van der Waals surface area contributed by atoms with Gasteiger partial charge >= 0.3 is 0 Å². The van der Waals surface area contributed by atoms with Crippen molar-refractivity contribution in [2.75, 3.05) is 0 Å². The molecule has 35 aromatic rings. The number of rotatable bonds is 7. The molecule has 676 valence electrons. The highest BCUT2D eigenvalue weighted by atomic mass is 32.1. The highest BCUT2D eigenvalue weighted by molar-refractivity contribution is 7.26. The van der Waals surface area contributed by atoms with Crippen LogP contribution in [-0.4, -0.2) is 63.9 Å². The molecule has 0 aliphatic carbocycles. The number of imidazole rings is 5. The lowest BCUT2D eigenvalue weighted by Gasteiger charge is -2.10.